The zero-order valence-electron chi connectivity index (χ0n) is 11.8. The van der Waals surface area contributed by atoms with E-state index < -0.39 is 0 Å². The summed E-state index contributed by atoms with van der Waals surface area (Å²) in [7, 11) is 1.84. The Labute approximate surface area is 118 Å². The molecular formula is C15H20N4O. The van der Waals surface area contributed by atoms with Crippen molar-refractivity contribution in [1.82, 2.24) is 9.78 Å². The molecule has 5 heteroatoms. The van der Waals surface area contributed by atoms with E-state index in [2.05, 4.69) is 10.4 Å². The van der Waals surface area contributed by atoms with Crippen LogP contribution in [0.2, 0.25) is 0 Å². The van der Waals surface area contributed by atoms with Gasteiger partial charge in [0.25, 0.3) is 0 Å². The summed E-state index contributed by atoms with van der Waals surface area (Å²) < 4.78 is 1.70. The minimum atomic E-state index is -0.346. The number of carbonyl (C=O) groups excluding carboxylic acids is 1. The van der Waals surface area contributed by atoms with E-state index in [1.807, 2.05) is 50.5 Å². The Morgan fingerprint density at radius 2 is 2.10 bits per heavy atom. The van der Waals surface area contributed by atoms with Crippen LogP contribution in [0.25, 0.3) is 0 Å². The third-order valence-corrected chi connectivity index (χ3v) is 3.25. The number of rotatable bonds is 5. The van der Waals surface area contributed by atoms with E-state index >= 15 is 0 Å². The Kier molecular flexibility index (Phi) is 4.53. The molecule has 1 unspecified atom stereocenters. The highest BCUT2D eigenvalue weighted by molar-refractivity contribution is 5.96. The van der Waals surface area contributed by atoms with Gasteiger partial charge in [-0.2, -0.15) is 5.10 Å². The number of amides is 1. The molecule has 3 N–H and O–H groups in total. The summed E-state index contributed by atoms with van der Waals surface area (Å²) in [4.78, 5) is 12.4. The zero-order valence-corrected chi connectivity index (χ0v) is 11.8. The van der Waals surface area contributed by atoms with Crippen LogP contribution in [0.3, 0.4) is 0 Å². The summed E-state index contributed by atoms with van der Waals surface area (Å²) in [5, 5.41) is 7.24. The average molecular weight is 272 g/mol. The number of anilines is 1. The molecule has 2 aromatic rings. The molecule has 1 aromatic carbocycles. The maximum atomic E-state index is 12.4. The van der Waals surface area contributed by atoms with Crippen LogP contribution in [0.1, 0.15) is 24.1 Å². The topological polar surface area (TPSA) is 72.9 Å². The van der Waals surface area contributed by atoms with Crippen LogP contribution in [-0.4, -0.2) is 22.2 Å². The molecule has 0 aliphatic heterocycles. The molecule has 1 heterocycles. The minimum Gasteiger partial charge on any atom is -0.329 e. The number of nitrogens with zero attached hydrogens (tertiary/aromatic N) is 2. The van der Waals surface area contributed by atoms with Crippen LogP contribution in [0.15, 0.2) is 36.5 Å². The van der Waals surface area contributed by atoms with E-state index in [-0.39, 0.29) is 18.4 Å². The molecule has 0 saturated heterocycles. The molecule has 1 amide bonds. The summed E-state index contributed by atoms with van der Waals surface area (Å²) in [6.45, 7) is 2.28. The largest absolute Gasteiger partial charge is 0.329 e. The Balaban J connectivity index is 2.17. The molecule has 2 rings (SSSR count). The fourth-order valence-corrected chi connectivity index (χ4v) is 2.20. The lowest BCUT2D eigenvalue weighted by atomic mass is 9.98. The number of hydrogen-bond donors (Lipinski definition) is 2. The summed E-state index contributed by atoms with van der Waals surface area (Å²) in [5.74, 6) is -0.442. The highest BCUT2D eigenvalue weighted by atomic mass is 16.1. The quantitative estimate of drug-likeness (QED) is 0.869. The van der Waals surface area contributed by atoms with E-state index in [9.17, 15) is 4.79 Å². The van der Waals surface area contributed by atoms with Crippen molar-refractivity contribution in [3.05, 3.63) is 47.8 Å². The lowest BCUT2D eigenvalue weighted by molar-refractivity contribution is -0.117. The number of nitrogens with two attached hydrogens (primary N) is 1. The first-order valence-electron chi connectivity index (χ1n) is 6.74. The SMILES string of the molecule is CCc1nn(C)cc1NC(=O)C(CN)c1ccccc1. The molecule has 0 saturated carbocycles. The van der Waals surface area contributed by atoms with Crippen LogP contribution in [0.4, 0.5) is 5.69 Å². The summed E-state index contributed by atoms with van der Waals surface area (Å²) in [6.07, 6.45) is 2.59. The highest BCUT2D eigenvalue weighted by Gasteiger charge is 2.20. The predicted molar refractivity (Wildman–Crippen MR) is 79.5 cm³/mol. The van der Waals surface area contributed by atoms with Gasteiger partial charge in [0, 0.05) is 19.8 Å². The maximum absolute atomic E-state index is 12.4. The fourth-order valence-electron chi connectivity index (χ4n) is 2.20. The average Bonchev–Trinajstić information content (AvgIpc) is 2.80. The summed E-state index contributed by atoms with van der Waals surface area (Å²) in [5.41, 5.74) is 8.32. The number of aromatic nitrogens is 2. The van der Waals surface area contributed by atoms with Gasteiger partial charge in [-0.1, -0.05) is 37.3 Å². The number of carbonyl (C=O) groups is 1. The van der Waals surface area contributed by atoms with Crippen molar-refractivity contribution in [1.29, 1.82) is 0 Å². The Morgan fingerprint density at radius 1 is 1.40 bits per heavy atom. The number of hydrogen-bond acceptors (Lipinski definition) is 3. The first kappa shape index (κ1) is 14.3. The molecule has 1 aromatic heterocycles. The molecule has 0 radical (unpaired) electrons. The van der Waals surface area contributed by atoms with Gasteiger partial charge in [-0.3, -0.25) is 9.48 Å². The summed E-state index contributed by atoms with van der Waals surface area (Å²) >= 11 is 0. The smallest absolute Gasteiger partial charge is 0.233 e. The van der Waals surface area contributed by atoms with Crippen molar-refractivity contribution in [2.45, 2.75) is 19.3 Å². The lowest BCUT2D eigenvalue weighted by Crippen LogP contribution is -2.27. The van der Waals surface area contributed by atoms with E-state index in [4.69, 9.17) is 5.73 Å². The molecule has 5 nitrogen and oxygen atoms in total. The van der Waals surface area contributed by atoms with Gasteiger partial charge in [0.05, 0.1) is 17.3 Å². The Morgan fingerprint density at radius 3 is 2.70 bits per heavy atom. The van der Waals surface area contributed by atoms with Gasteiger partial charge in [-0.05, 0) is 12.0 Å². The van der Waals surface area contributed by atoms with Crippen LogP contribution in [-0.2, 0) is 18.3 Å². The standard InChI is InChI=1S/C15H20N4O/c1-3-13-14(10-19(2)18-13)17-15(20)12(9-16)11-7-5-4-6-8-11/h4-8,10,12H,3,9,16H2,1-2H3,(H,17,20). The molecule has 1 atom stereocenters. The van der Waals surface area contributed by atoms with Crippen LogP contribution in [0, 0.1) is 0 Å². The zero-order chi connectivity index (χ0) is 14.5. The fraction of sp³-hybridized carbons (Fsp3) is 0.333. The van der Waals surface area contributed by atoms with Gasteiger partial charge in [-0.15, -0.1) is 0 Å². The maximum Gasteiger partial charge on any atom is 0.233 e. The van der Waals surface area contributed by atoms with Crippen molar-refractivity contribution >= 4 is 11.6 Å². The molecule has 0 bridgehead atoms. The van der Waals surface area contributed by atoms with Gasteiger partial charge >= 0.3 is 0 Å². The molecule has 0 aliphatic rings. The van der Waals surface area contributed by atoms with Gasteiger partial charge in [0.2, 0.25) is 5.91 Å². The molecule has 0 spiro atoms. The Bertz CT molecular complexity index is 577. The number of nitrogens with one attached hydrogen (secondary N) is 1. The van der Waals surface area contributed by atoms with Crippen molar-refractivity contribution in [2.75, 3.05) is 11.9 Å². The van der Waals surface area contributed by atoms with Crippen molar-refractivity contribution in [2.24, 2.45) is 12.8 Å². The van der Waals surface area contributed by atoms with Gasteiger partial charge < -0.3 is 11.1 Å². The molecule has 0 aliphatic carbocycles. The third kappa shape index (κ3) is 3.05. The van der Waals surface area contributed by atoms with E-state index in [1.54, 1.807) is 4.68 Å². The monoisotopic (exact) mass is 272 g/mol. The predicted octanol–water partition coefficient (Wildman–Crippen LogP) is 1.66. The third-order valence-electron chi connectivity index (χ3n) is 3.25. The summed E-state index contributed by atoms with van der Waals surface area (Å²) in [6, 6.07) is 9.58. The van der Waals surface area contributed by atoms with Crippen LogP contribution >= 0.6 is 0 Å². The molecule has 20 heavy (non-hydrogen) atoms. The lowest BCUT2D eigenvalue weighted by Gasteiger charge is -2.15. The number of benzene rings is 1. The van der Waals surface area contributed by atoms with Crippen molar-refractivity contribution in [3.8, 4) is 0 Å². The van der Waals surface area contributed by atoms with Crippen LogP contribution < -0.4 is 11.1 Å². The second-order valence-corrected chi connectivity index (χ2v) is 4.70. The molecule has 106 valence electrons. The van der Waals surface area contributed by atoms with Gasteiger partial charge in [0.15, 0.2) is 0 Å². The van der Waals surface area contributed by atoms with Gasteiger partial charge in [-0.25, -0.2) is 0 Å². The van der Waals surface area contributed by atoms with E-state index in [0.29, 0.717) is 0 Å². The highest BCUT2D eigenvalue weighted by Crippen LogP contribution is 2.19. The minimum absolute atomic E-state index is 0.0959. The number of aryl methyl sites for hydroxylation is 2. The van der Waals surface area contributed by atoms with E-state index in [0.717, 1.165) is 23.4 Å². The molecular weight excluding hydrogens is 252 g/mol. The Hall–Kier alpha value is -2.14. The van der Waals surface area contributed by atoms with Crippen molar-refractivity contribution < 1.29 is 4.79 Å². The van der Waals surface area contributed by atoms with Gasteiger partial charge in [0.1, 0.15) is 0 Å². The normalized spacial score (nSPS) is 12.2. The first-order valence-corrected chi connectivity index (χ1v) is 6.74. The van der Waals surface area contributed by atoms with Crippen molar-refractivity contribution in [3.63, 3.8) is 0 Å². The molecule has 0 fully saturated rings. The first-order chi connectivity index (χ1) is 9.65. The second-order valence-electron chi connectivity index (χ2n) is 4.70. The second kappa shape index (κ2) is 6.34. The van der Waals surface area contributed by atoms with E-state index in [1.165, 1.54) is 0 Å². The van der Waals surface area contributed by atoms with Crippen LogP contribution in [0.5, 0.6) is 0 Å².